The zero-order valence-electron chi connectivity index (χ0n) is 17.7. The van der Waals surface area contributed by atoms with E-state index in [4.69, 9.17) is 9.47 Å². The van der Waals surface area contributed by atoms with Crippen molar-refractivity contribution in [2.24, 2.45) is 11.8 Å². The second kappa shape index (κ2) is 10.7. The van der Waals surface area contributed by atoms with Gasteiger partial charge in [0.15, 0.2) is 0 Å². The zero-order valence-corrected chi connectivity index (χ0v) is 17.7. The van der Waals surface area contributed by atoms with Gasteiger partial charge in [0, 0.05) is 39.8 Å². The van der Waals surface area contributed by atoms with Crippen LogP contribution >= 0.6 is 0 Å². The molecule has 1 aromatic rings. The fourth-order valence-corrected chi connectivity index (χ4v) is 4.63. The lowest BCUT2D eigenvalue weighted by atomic mass is 9.83. The number of likely N-dealkylation sites (tertiary alicyclic amines) is 2. The van der Waals surface area contributed by atoms with Crippen molar-refractivity contribution in [2.45, 2.75) is 32.1 Å². The van der Waals surface area contributed by atoms with Crippen LogP contribution in [0.5, 0.6) is 0 Å². The van der Waals surface area contributed by atoms with Crippen LogP contribution in [0.1, 0.15) is 37.7 Å². The number of carbonyl (C=O) groups excluding carboxylic acids is 2. The molecule has 160 valence electrons. The third-order valence-electron chi connectivity index (χ3n) is 6.11. The Kier molecular flexibility index (Phi) is 8.07. The molecule has 0 N–H and O–H groups in total. The lowest BCUT2D eigenvalue weighted by Gasteiger charge is -2.40. The van der Waals surface area contributed by atoms with Gasteiger partial charge in [-0.15, -0.1) is 0 Å². The molecule has 0 spiro atoms. The number of methoxy groups -OCH3 is 1. The molecule has 3 unspecified atom stereocenters. The Balaban J connectivity index is 1.69. The van der Waals surface area contributed by atoms with Crippen LogP contribution in [0.3, 0.4) is 0 Å². The van der Waals surface area contributed by atoms with Gasteiger partial charge in [-0.1, -0.05) is 30.3 Å². The molecule has 2 aliphatic heterocycles. The predicted molar refractivity (Wildman–Crippen MR) is 112 cm³/mol. The molecular formula is C23H34N2O4. The summed E-state index contributed by atoms with van der Waals surface area (Å²) < 4.78 is 10.5. The average molecular weight is 403 g/mol. The minimum atomic E-state index is -0.189. The standard InChI is InChI=1S/C23H34N2O4/c1-3-29-23(27)19-10-7-11-25(17-19)22(26)21-14-20(18-8-5-4-6-9-18)15-24(16-21)12-13-28-2/h4-6,8-9,19-21H,3,7,10-17H2,1-2H3. The van der Waals surface area contributed by atoms with Crippen LogP contribution in [0, 0.1) is 11.8 Å². The van der Waals surface area contributed by atoms with Crippen LogP contribution in [0.15, 0.2) is 30.3 Å². The number of nitrogens with zero attached hydrogens (tertiary/aromatic N) is 2. The summed E-state index contributed by atoms with van der Waals surface area (Å²) in [6.45, 7) is 6.63. The first-order valence-electron chi connectivity index (χ1n) is 10.8. The van der Waals surface area contributed by atoms with Crippen LogP contribution in [-0.4, -0.2) is 74.7 Å². The molecule has 2 aliphatic rings. The number of amides is 1. The molecule has 2 saturated heterocycles. The SMILES string of the molecule is CCOC(=O)C1CCCN(C(=O)C2CC(c3ccccc3)CN(CCOC)C2)C1. The van der Waals surface area contributed by atoms with Crippen molar-refractivity contribution in [3.05, 3.63) is 35.9 Å². The zero-order chi connectivity index (χ0) is 20.6. The summed E-state index contributed by atoms with van der Waals surface area (Å²) >= 11 is 0. The van der Waals surface area contributed by atoms with Crippen molar-refractivity contribution < 1.29 is 19.1 Å². The Hall–Kier alpha value is -1.92. The highest BCUT2D eigenvalue weighted by Gasteiger charge is 2.37. The number of piperidine rings is 2. The lowest BCUT2D eigenvalue weighted by Crippen LogP contribution is -2.50. The molecule has 6 nitrogen and oxygen atoms in total. The van der Waals surface area contributed by atoms with Crippen molar-refractivity contribution in [2.75, 3.05) is 53.0 Å². The van der Waals surface area contributed by atoms with Crippen LogP contribution in [-0.2, 0) is 19.1 Å². The third-order valence-corrected chi connectivity index (χ3v) is 6.11. The van der Waals surface area contributed by atoms with Crippen LogP contribution < -0.4 is 0 Å². The van der Waals surface area contributed by atoms with Crippen LogP contribution in [0.2, 0.25) is 0 Å². The number of hydrogen-bond donors (Lipinski definition) is 0. The number of rotatable bonds is 7. The molecule has 0 bridgehead atoms. The van der Waals surface area contributed by atoms with Gasteiger partial charge in [0.2, 0.25) is 5.91 Å². The van der Waals surface area contributed by atoms with Gasteiger partial charge in [0.05, 0.1) is 25.0 Å². The van der Waals surface area contributed by atoms with E-state index in [-0.39, 0.29) is 23.7 Å². The molecule has 2 fully saturated rings. The maximum absolute atomic E-state index is 13.4. The Morgan fingerprint density at radius 3 is 2.62 bits per heavy atom. The second-order valence-electron chi connectivity index (χ2n) is 8.17. The average Bonchev–Trinajstić information content (AvgIpc) is 2.78. The summed E-state index contributed by atoms with van der Waals surface area (Å²) in [6, 6.07) is 10.5. The number of ether oxygens (including phenoxy) is 2. The van der Waals surface area contributed by atoms with Crippen molar-refractivity contribution in [3.8, 4) is 0 Å². The highest BCUT2D eigenvalue weighted by Crippen LogP contribution is 2.32. The molecule has 6 heteroatoms. The smallest absolute Gasteiger partial charge is 0.310 e. The van der Waals surface area contributed by atoms with Gasteiger partial charge in [-0.3, -0.25) is 14.5 Å². The number of hydrogen-bond acceptors (Lipinski definition) is 5. The summed E-state index contributed by atoms with van der Waals surface area (Å²) in [5, 5.41) is 0. The molecule has 3 atom stereocenters. The summed E-state index contributed by atoms with van der Waals surface area (Å²) in [7, 11) is 1.71. The van der Waals surface area contributed by atoms with E-state index in [9.17, 15) is 9.59 Å². The number of benzene rings is 1. The van der Waals surface area contributed by atoms with E-state index in [2.05, 4.69) is 29.2 Å². The van der Waals surface area contributed by atoms with Gasteiger partial charge in [-0.05, 0) is 37.7 Å². The largest absolute Gasteiger partial charge is 0.466 e. The minimum absolute atomic E-state index is 0.0493. The highest BCUT2D eigenvalue weighted by molar-refractivity contribution is 5.81. The van der Waals surface area contributed by atoms with Gasteiger partial charge in [-0.2, -0.15) is 0 Å². The van der Waals surface area contributed by atoms with Crippen LogP contribution in [0.25, 0.3) is 0 Å². The summed E-state index contributed by atoms with van der Waals surface area (Å²) in [5.74, 6) is 0.110. The lowest BCUT2D eigenvalue weighted by molar-refractivity contribution is -0.152. The van der Waals surface area contributed by atoms with E-state index in [1.54, 1.807) is 7.11 Å². The van der Waals surface area contributed by atoms with Crippen LogP contribution in [0.4, 0.5) is 0 Å². The molecule has 1 amide bonds. The van der Waals surface area contributed by atoms with E-state index >= 15 is 0 Å². The summed E-state index contributed by atoms with van der Waals surface area (Å²) in [6.07, 6.45) is 2.52. The topological polar surface area (TPSA) is 59.1 Å². The van der Waals surface area contributed by atoms with Gasteiger partial charge < -0.3 is 14.4 Å². The number of esters is 1. The van der Waals surface area contributed by atoms with E-state index in [0.717, 1.165) is 45.4 Å². The molecule has 0 aromatic heterocycles. The summed E-state index contributed by atoms with van der Waals surface area (Å²) in [4.78, 5) is 29.8. The highest BCUT2D eigenvalue weighted by atomic mass is 16.5. The first-order valence-corrected chi connectivity index (χ1v) is 10.8. The Morgan fingerprint density at radius 1 is 1.10 bits per heavy atom. The van der Waals surface area contributed by atoms with E-state index < -0.39 is 0 Å². The summed E-state index contributed by atoms with van der Waals surface area (Å²) in [5.41, 5.74) is 1.29. The molecule has 2 heterocycles. The van der Waals surface area contributed by atoms with E-state index in [0.29, 0.717) is 25.7 Å². The first kappa shape index (κ1) is 21.8. The second-order valence-corrected chi connectivity index (χ2v) is 8.17. The predicted octanol–water partition coefficient (Wildman–Crippen LogP) is 2.54. The van der Waals surface area contributed by atoms with Crippen molar-refractivity contribution in [1.82, 2.24) is 9.80 Å². The normalized spacial score (nSPS) is 25.6. The quantitative estimate of drug-likeness (QED) is 0.656. The fourth-order valence-electron chi connectivity index (χ4n) is 4.63. The van der Waals surface area contributed by atoms with Gasteiger partial charge in [-0.25, -0.2) is 0 Å². The maximum atomic E-state index is 13.4. The van der Waals surface area contributed by atoms with Crippen molar-refractivity contribution in [3.63, 3.8) is 0 Å². The molecule has 0 aliphatic carbocycles. The van der Waals surface area contributed by atoms with Gasteiger partial charge in [0.1, 0.15) is 0 Å². The van der Waals surface area contributed by atoms with Crippen molar-refractivity contribution >= 4 is 11.9 Å². The molecule has 0 radical (unpaired) electrons. The minimum Gasteiger partial charge on any atom is -0.466 e. The van der Waals surface area contributed by atoms with Gasteiger partial charge in [0.25, 0.3) is 0 Å². The Labute approximate surface area is 174 Å². The fraction of sp³-hybridized carbons (Fsp3) is 0.652. The van der Waals surface area contributed by atoms with E-state index in [1.807, 2.05) is 17.9 Å². The van der Waals surface area contributed by atoms with Gasteiger partial charge >= 0.3 is 5.97 Å². The Bertz CT molecular complexity index is 666. The first-order chi connectivity index (χ1) is 14.1. The molecule has 1 aromatic carbocycles. The monoisotopic (exact) mass is 402 g/mol. The molecular weight excluding hydrogens is 368 g/mol. The van der Waals surface area contributed by atoms with Crippen molar-refractivity contribution in [1.29, 1.82) is 0 Å². The molecule has 0 saturated carbocycles. The third kappa shape index (κ3) is 5.80. The number of carbonyl (C=O) groups is 2. The maximum Gasteiger partial charge on any atom is 0.310 e. The van der Waals surface area contributed by atoms with E-state index in [1.165, 1.54) is 5.56 Å². The molecule has 29 heavy (non-hydrogen) atoms. The Morgan fingerprint density at radius 2 is 1.90 bits per heavy atom. The molecule has 3 rings (SSSR count).